The minimum absolute atomic E-state index is 0.107. The van der Waals surface area contributed by atoms with Crippen LogP contribution in [0, 0.1) is 5.82 Å². The van der Waals surface area contributed by atoms with E-state index in [1.54, 1.807) is 18.2 Å². The Morgan fingerprint density at radius 2 is 1.85 bits per heavy atom. The standard InChI is InChI=1S/C22H14ClF4N5O2/c23-20-17(12-31-32(21(20)33)18-6-5-14(11-29-18)22(25,26)27)28-9-13-4-7-19(30-10-13)34-16-3-1-2-15(24)8-16/h1-8,10-12,28H,9H2. The first-order chi connectivity index (χ1) is 16.2. The van der Waals surface area contributed by atoms with Crippen LogP contribution in [0.25, 0.3) is 5.82 Å². The Hall–Kier alpha value is -3.99. The second kappa shape index (κ2) is 9.48. The lowest BCUT2D eigenvalue weighted by atomic mass is 10.2. The van der Waals surface area contributed by atoms with Crippen LogP contribution in [0.4, 0.5) is 23.2 Å². The number of nitrogens with one attached hydrogen (secondary N) is 1. The zero-order valence-corrected chi connectivity index (χ0v) is 17.8. The molecule has 0 bridgehead atoms. The molecule has 1 N–H and O–H groups in total. The molecule has 0 fully saturated rings. The maximum Gasteiger partial charge on any atom is 0.417 e. The van der Waals surface area contributed by atoms with Crippen molar-refractivity contribution in [2.75, 3.05) is 5.32 Å². The van der Waals surface area contributed by atoms with E-state index in [1.807, 2.05) is 0 Å². The van der Waals surface area contributed by atoms with Crippen molar-refractivity contribution in [2.24, 2.45) is 0 Å². The lowest BCUT2D eigenvalue weighted by molar-refractivity contribution is -0.137. The molecular formula is C22H14ClF4N5O2. The number of nitrogens with zero attached hydrogens (tertiary/aromatic N) is 4. The molecular weight excluding hydrogens is 478 g/mol. The van der Waals surface area contributed by atoms with Gasteiger partial charge in [-0.05, 0) is 29.8 Å². The topological polar surface area (TPSA) is 81.9 Å². The maximum absolute atomic E-state index is 13.2. The monoisotopic (exact) mass is 491 g/mol. The molecule has 3 heterocycles. The average Bonchev–Trinajstić information content (AvgIpc) is 2.81. The highest BCUT2D eigenvalue weighted by Gasteiger charge is 2.30. The van der Waals surface area contributed by atoms with E-state index in [2.05, 4.69) is 20.4 Å². The lowest BCUT2D eigenvalue weighted by Crippen LogP contribution is -2.23. The van der Waals surface area contributed by atoms with Gasteiger partial charge in [-0.15, -0.1) is 0 Å². The summed E-state index contributed by atoms with van der Waals surface area (Å²) in [6.07, 6.45) is -1.15. The fourth-order valence-corrected chi connectivity index (χ4v) is 3.02. The van der Waals surface area contributed by atoms with Gasteiger partial charge in [-0.2, -0.15) is 23.0 Å². The molecule has 0 unspecified atom stereocenters. The van der Waals surface area contributed by atoms with Gasteiger partial charge in [-0.1, -0.05) is 23.7 Å². The number of alkyl halides is 3. The van der Waals surface area contributed by atoms with Crippen LogP contribution in [0.1, 0.15) is 11.1 Å². The van der Waals surface area contributed by atoms with Crippen LogP contribution in [-0.4, -0.2) is 19.7 Å². The van der Waals surface area contributed by atoms with E-state index in [4.69, 9.17) is 16.3 Å². The van der Waals surface area contributed by atoms with Crippen LogP contribution in [0.3, 0.4) is 0 Å². The minimum Gasteiger partial charge on any atom is -0.439 e. The molecule has 4 aromatic rings. The summed E-state index contributed by atoms with van der Waals surface area (Å²) in [5.74, 6) is 0.0318. The molecule has 0 amide bonds. The van der Waals surface area contributed by atoms with Crippen LogP contribution in [0.2, 0.25) is 5.02 Å². The second-order valence-electron chi connectivity index (χ2n) is 6.91. The summed E-state index contributed by atoms with van der Waals surface area (Å²) in [6.45, 7) is 0.233. The van der Waals surface area contributed by atoms with Gasteiger partial charge < -0.3 is 10.1 Å². The van der Waals surface area contributed by atoms with Crippen molar-refractivity contribution in [1.82, 2.24) is 19.7 Å². The summed E-state index contributed by atoms with van der Waals surface area (Å²) in [5.41, 5.74) is -0.767. The molecule has 0 atom stereocenters. The molecule has 0 saturated carbocycles. The Labute approximate surface area is 194 Å². The molecule has 34 heavy (non-hydrogen) atoms. The highest BCUT2D eigenvalue weighted by atomic mass is 35.5. The molecule has 7 nitrogen and oxygen atoms in total. The number of aromatic nitrogens is 4. The van der Waals surface area contributed by atoms with E-state index in [9.17, 15) is 22.4 Å². The molecule has 174 valence electrons. The summed E-state index contributed by atoms with van der Waals surface area (Å²) in [7, 11) is 0. The van der Waals surface area contributed by atoms with Gasteiger partial charge >= 0.3 is 6.18 Å². The summed E-state index contributed by atoms with van der Waals surface area (Å²) in [5, 5.41) is 6.66. The van der Waals surface area contributed by atoms with E-state index < -0.39 is 23.1 Å². The Bertz CT molecular complexity index is 1360. The maximum atomic E-state index is 13.2. The number of hydrogen-bond acceptors (Lipinski definition) is 6. The number of benzene rings is 1. The Morgan fingerprint density at radius 3 is 2.50 bits per heavy atom. The van der Waals surface area contributed by atoms with Gasteiger partial charge in [0, 0.05) is 31.1 Å². The molecule has 0 aliphatic heterocycles. The van der Waals surface area contributed by atoms with Crippen LogP contribution in [0.5, 0.6) is 11.6 Å². The minimum atomic E-state index is -4.55. The van der Waals surface area contributed by atoms with E-state index in [0.717, 1.165) is 22.4 Å². The predicted octanol–water partition coefficient (Wildman–Crippen LogP) is 5.24. The van der Waals surface area contributed by atoms with Gasteiger partial charge in [0.05, 0.1) is 17.4 Å². The van der Waals surface area contributed by atoms with Crippen LogP contribution < -0.4 is 15.6 Å². The van der Waals surface area contributed by atoms with Crippen molar-refractivity contribution in [2.45, 2.75) is 12.7 Å². The zero-order valence-electron chi connectivity index (χ0n) is 17.1. The highest BCUT2D eigenvalue weighted by molar-refractivity contribution is 6.32. The molecule has 0 spiro atoms. The second-order valence-corrected chi connectivity index (χ2v) is 7.29. The van der Waals surface area contributed by atoms with Crippen molar-refractivity contribution in [3.63, 3.8) is 0 Å². The average molecular weight is 492 g/mol. The van der Waals surface area contributed by atoms with E-state index >= 15 is 0 Å². The molecule has 4 rings (SSSR count). The number of halogens is 5. The smallest absolute Gasteiger partial charge is 0.417 e. The molecule has 0 aliphatic carbocycles. The highest BCUT2D eigenvalue weighted by Crippen LogP contribution is 2.28. The van der Waals surface area contributed by atoms with Crippen molar-refractivity contribution < 1.29 is 22.3 Å². The summed E-state index contributed by atoms with van der Waals surface area (Å²) in [6, 6.07) is 10.8. The molecule has 0 radical (unpaired) electrons. The van der Waals surface area contributed by atoms with Crippen LogP contribution in [0.15, 0.2) is 71.9 Å². The third kappa shape index (κ3) is 5.31. The Kier molecular flexibility index (Phi) is 6.46. The van der Waals surface area contributed by atoms with Crippen molar-refractivity contribution in [3.8, 4) is 17.4 Å². The van der Waals surface area contributed by atoms with Gasteiger partial charge in [-0.3, -0.25) is 4.79 Å². The Balaban J connectivity index is 1.43. The Morgan fingerprint density at radius 1 is 1.03 bits per heavy atom. The van der Waals surface area contributed by atoms with Gasteiger partial charge in [0.2, 0.25) is 5.88 Å². The number of ether oxygens (including phenoxy) is 1. The summed E-state index contributed by atoms with van der Waals surface area (Å²) in [4.78, 5) is 20.3. The number of anilines is 1. The van der Waals surface area contributed by atoms with Gasteiger partial charge in [0.1, 0.15) is 16.6 Å². The normalized spacial score (nSPS) is 11.3. The van der Waals surface area contributed by atoms with Crippen molar-refractivity contribution >= 4 is 17.3 Å². The molecule has 0 aliphatic rings. The molecule has 1 aromatic carbocycles. The van der Waals surface area contributed by atoms with Crippen LogP contribution in [-0.2, 0) is 12.7 Å². The van der Waals surface area contributed by atoms with Gasteiger partial charge in [0.25, 0.3) is 5.56 Å². The molecule has 3 aromatic heterocycles. The lowest BCUT2D eigenvalue weighted by Gasteiger charge is -2.11. The number of hydrogen-bond donors (Lipinski definition) is 1. The number of pyridine rings is 2. The molecule has 0 saturated heterocycles. The first-order valence-corrected chi connectivity index (χ1v) is 10.0. The molecule has 12 heteroatoms. The first-order valence-electron chi connectivity index (χ1n) is 9.64. The van der Waals surface area contributed by atoms with Gasteiger partial charge in [0.15, 0.2) is 5.82 Å². The van der Waals surface area contributed by atoms with E-state index in [1.165, 1.54) is 30.6 Å². The zero-order chi connectivity index (χ0) is 24.3. The van der Waals surface area contributed by atoms with E-state index in [-0.39, 0.29) is 29.0 Å². The van der Waals surface area contributed by atoms with Crippen molar-refractivity contribution in [1.29, 1.82) is 0 Å². The summed E-state index contributed by atoms with van der Waals surface area (Å²) >= 11 is 6.14. The third-order valence-electron chi connectivity index (χ3n) is 4.51. The van der Waals surface area contributed by atoms with Gasteiger partial charge in [-0.25, -0.2) is 14.4 Å². The van der Waals surface area contributed by atoms with Crippen molar-refractivity contribution in [3.05, 3.63) is 99.4 Å². The predicted molar refractivity (Wildman–Crippen MR) is 116 cm³/mol. The van der Waals surface area contributed by atoms with E-state index in [0.29, 0.717) is 11.9 Å². The fraction of sp³-hybridized carbons (Fsp3) is 0.0909. The third-order valence-corrected chi connectivity index (χ3v) is 4.88. The SMILES string of the molecule is O=c1c(Cl)c(NCc2ccc(Oc3cccc(F)c3)nc2)cnn1-c1ccc(C(F)(F)F)cn1. The fourth-order valence-electron chi connectivity index (χ4n) is 2.82. The summed E-state index contributed by atoms with van der Waals surface area (Å²) < 4.78 is 57.6. The van der Waals surface area contributed by atoms with Crippen LogP contribution >= 0.6 is 11.6 Å². The first kappa shape index (κ1) is 23.2. The largest absolute Gasteiger partial charge is 0.439 e. The number of rotatable bonds is 6. The quantitative estimate of drug-likeness (QED) is 0.372.